The molecule has 120 valence electrons. The SMILES string of the molecule is CCOC1CC(N)(C(=O)N2CC3CCCCC3C2)C1(C)C. The third-order valence-corrected chi connectivity index (χ3v) is 6.48. The van der Waals surface area contributed by atoms with Crippen LogP contribution in [0.25, 0.3) is 0 Å². The number of carbonyl (C=O) groups is 1. The van der Waals surface area contributed by atoms with Crippen LogP contribution < -0.4 is 5.73 Å². The molecule has 21 heavy (non-hydrogen) atoms. The van der Waals surface area contributed by atoms with Gasteiger partial charge in [-0.15, -0.1) is 0 Å². The summed E-state index contributed by atoms with van der Waals surface area (Å²) in [6, 6.07) is 0. The van der Waals surface area contributed by atoms with Gasteiger partial charge in [0.25, 0.3) is 0 Å². The summed E-state index contributed by atoms with van der Waals surface area (Å²) in [5.74, 6) is 1.60. The summed E-state index contributed by atoms with van der Waals surface area (Å²) in [6.45, 7) is 8.71. The molecule has 2 N–H and O–H groups in total. The molecule has 0 aromatic heterocycles. The lowest BCUT2D eigenvalue weighted by atomic mass is 9.54. The number of rotatable bonds is 3. The highest BCUT2D eigenvalue weighted by atomic mass is 16.5. The van der Waals surface area contributed by atoms with Gasteiger partial charge in [-0.2, -0.15) is 0 Å². The Morgan fingerprint density at radius 1 is 1.24 bits per heavy atom. The minimum Gasteiger partial charge on any atom is -0.378 e. The van der Waals surface area contributed by atoms with Crippen LogP contribution in [0.5, 0.6) is 0 Å². The van der Waals surface area contributed by atoms with Crippen LogP contribution in [0.2, 0.25) is 0 Å². The Balaban J connectivity index is 1.68. The van der Waals surface area contributed by atoms with E-state index in [0.29, 0.717) is 13.0 Å². The maximum atomic E-state index is 13.0. The van der Waals surface area contributed by atoms with E-state index in [-0.39, 0.29) is 17.4 Å². The molecule has 3 rings (SSSR count). The van der Waals surface area contributed by atoms with E-state index in [1.165, 1.54) is 25.7 Å². The second-order valence-corrected chi connectivity index (χ2v) is 7.86. The fourth-order valence-corrected chi connectivity index (χ4v) is 4.65. The summed E-state index contributed by atoms with van der Waals surface area (Å²) in [4.78, 5) is 15.1. The standard InChI is InChI=1S/C17H30N2O2/c1-4-21-14-9-17(18,16(14,2)3)15(20)19-10-12-7-5-6-8-13(12)11-19/h12-14H,4-11,18H2,1-3H3. The second-order valence-electron chi connectivity index (χ2n) is 7.86. The average Bonchev–Trinajstić information content (AvgIpc) is 2.89. The largest absolute Gasteiger partial charge is 0.378 e. The molecule has 4 nitrogen and oxygen atoms in total. The van der Waals surface area contributed by atoms with E-state index in [2.05, 4.69) is 18.7 Å². The summed E-state index contributed by atoms with van der Waals surface area (Å²) in [6.07, 6.45) is 6.01. The predicted octanol–water partition coefficient (Wildman–Crippen LogP) is 2.17. The Kier molecular flexibility index (Phi) is 3.81. The highest BCUT2D eigenvalue weighted by Gasteiger charge is 2.64. The minimum atomic E-state index is -0.736. The lowest BCUT2D eigenvalue weighted by Crippen LogP contribution is -2.75. The van der Waals surface area contributed by atoms with Gasteiger partial charge in [0.2, 0.25) is 5.91 Å². The van der Waals surface area contributed by atoms with E-state index < -0.39 is 5.54 Å². The van der Waals surface area contributed by atoms with Gasteiger partial charge in [-0.05, 0) is 31.6 Å². The van der Waals surface area contributed by atoms with E-state index in [0.717, 1.165) is 24.9 Å². The zero-order valence-electron chi connectivity index (χ0n) is 13.7. The van der Waals surface area contributed by atoms with Crippen molar-refractivity contribution in [2.45, 2.75) is 64.5 Å². The van der Waals surface area contributed by atoms with Crippen molar-refractivity contribution in [3.05, 3.63) is 0 Å². The minimum absolute atomic E-state index is 0.112. The van der Waals surface area contributed by atoms with Crippen LogP contribution in [0.4, 0.5) is 0 Å². The number of ether oxygens (including phenoxy) is 1. The van der Waals surface area contributed by atoms with Crippen molar-refractivity contribution in [1.29, 1.82) is 0 Å². The van der Waals surface area contributed by atoms with Crippen molar-refractivity contribution >= 4 is 5.91 Å². The number of amides is 1. The highest BCUT2D eigenvalue weighted by Crippen LogP contribution is 2.51. The molecule has 2 saturated carbocycles. The quantitative estimate of drug-likeness (QED) is 0.868. The first-order valence-electron chi connectivity index (χ1n) is 8.60. The van der Waals surface area contributed by atoms with Crippen LogP contribution in [0.3, 0.4) is 0 Å². The Labute approximate surface area is 128 Å². The van der Waals surface area contributed by atoms with Crippen LogP contribution in [0.15, 0.2) is 0 Å². The van der Waals surface area contributed by atoms with Crippen LogP contribution in [-0.4, -0.2) is 42.1 Å². The molecule has 1 heterocycles. The van der Waals surface area contributed by atoms with Crippen molar-refractivity contribution in [2.24, 2.45) is 23.0 Å². The molecule has 0 spiro atoms. The molecule has 3 aliphatic rings. The molecule has 1 saturated heterocycles. The van der Waals surface area contributed by atoms with Crippen molar-refractivity contribution in [3.63, 3.8) is 0 Å². The first-order chi connectivity index (χ1) is 9.90. The molecule has 0 radical (unpaired) electrons. The van der Waals surface area contributed by atoms with Crippen molar-refractivity contribution in [3.8, 4) is 0 Å². The molecular weight excluding hydrogens is 264 g/mol. The molecule has 1 aliphatic heterocycles. The van der Waals surface area contributed by atoms with Gasteiger partial charge in [0.05, 0.1) is 6.10 Å². The third-order valence-electron chi connectivity index (χ3n) is 6.48. The Bertz CT molecular complexity index is 409. The van der Waals surface area contributed by atoms with Crippen LogP contribution in [0.1, 0.15) is 52.9 Å². The van der Waals surface area contributed by atoms with Gasteiger partial charge < -0.3 is 15.4 Å². The number of nitrogens with zero attached hydrogens (tertiary/aromatic N) is 1. The van der Waals surface area contributed by atoms with Crippen LogP contribution in [-0.2, 0) is 9.53 Å². The molecule has 4 unspecified atom stereocenters. The Morgan fingerprint density at radius 2 is 1.81 bits per heavy atom. The topological polar surface area (TPSA) is 55.6 Å². The van der Waals surface area contributed by atoms with Crippen molar-refractivity contribution in [2.75, 3.05) is 19.7 Å². The average molecular weight is 294 g/mol. The van der Waals surface area contributed by atoms with E-state index >= 15 is 0 Å². The molecule has 4 heteroatoms. The van der Waals surface area contributed by atoms with Gasteiger partial charge in [-0.25, -0.2) is 0 Å². The van der Waals surface area contributed by atoms with Crippen molar-refractivity contribution in [1.82, 2.24) is 4.90 Å². The first-order valence-corrected chi connectivity index (χ1v) is 8.60. The second kappa shape index (κ2) is 5.24. The summed E-state index contributed by atoms with van der Waals surface area (Å²) >= 11 is 0. The zero-order valence-corrected chi connectivity index (χ0v) is 13.7. The Morgan fingerprint density at radius 3 is 2.29 bits per heavy atom. The molecule has 0 bridgehead atoms. The lowest BCUT2D eigenvalue weighted by molar-refractivity contribution is -0.178. The Hall–Kier alpha value is -0.610. The number of hydrogen-bond donors (Lipinski definition) is 1. The number of fused-ring (bicyclic) bond motifs is 1. The normalized spacial score (nSPS) is 41.5. The molecule has 0 aromatic rings. The third kappa shape index (κ3) is 2.22. The van der Waals surface area contributed by atoms with Gasteiger partial charge in [0.1, 0.15) is 5.54 Å². The molecule has 0 aromatic carbocycles. The van der Waals surface area contributed by atoms with Gasteiger partial charge in [0.15, 0.2) is 0 Å². The van der Waals surface area contributed by atoms with Crippen LogP contribution in [0, 0.1) is 17.3 Å². The fourth-order valence-electron chi connectivity index (χ4n) is 4.65. The molecule has 4 atom stereocenters. The van der Waals surface area contributed by atoms with E-state index in [1.807, 2.05) is 6.92 Å². The fraction of sp³-hybridized carbons (Fsp3) is 0.941. The lowest BCUT2D eigenvalue weighted by Gasteiger charge is -2.58. The molecular formula is C17H30N2O2. The van der Waals surface area contributed by atoms with E-state index in [4.69, 9.17) is 10.5 Å². The predicted molar refractivity (Wildman–Crippen MR) is 82.8 cm³/mol. The summed E-state index contributed by atoms with van der Waals surface area (Å²) in [7, 11) is 0. The first kappa shape index (κ1) is 15.3. The summed E-state index contributed by atoms with van der Waals surface area (Å²) in [5.41, 5.74) is 5.54. The van der Waals surface area contributed by atoms with Crippen LogP contribution >= 0.6 is 0 Å². The van der Waals surface area contributed by atoms with E-state index in [1.54, 1.807) is 0 Å². The monoisotopic (exact) mass is 294 g/mol. The molecule has 1 amide bonds. The maximum absolute atomic E-state index is 13.0. The van der Waals surface area contributed by atoms with Gasteiger partial charge in [-0.1, -0.05) is 26.7 Å². The van der Waals surface area contributed by atoms with E-state index in [9.17, 15) is 4.79 Å². The summed E-state index contributed by atoms with van der Waals surface area (Å²) < 4.78 is 5.75. The smallest absolute Gasteiger partial charge is 0.243 e. The highest BCUT2D eigenvalue weighted by molar-refractivity contribution is 5.89. The van der Waals surface area contributed by atoms with Gasteiger partial charge >= 0.3 is 0 Å². The van der Waals surface area contributed by atoms with Gasteiger partial charge in [0, 0.05) is 31.5 Å². The molecule has 2 aliphatic carbocycles. The number of nitrogens with two attached hydrogens (primary N) is 1. The molecule has 3 fully saturated rings. The summed E-state index contributed by atoms with van der Waals surface area (Å²) in [5, 5.41) is 0. The number of carbonyl (C=O) groups excluding carboxylic acids is 1. The van der Waals surface area contributed by atoms with Gasteiger partial charge in [-0.3, -0.25) is 4.79 Å². The van der Waals surface area contributed by atoms with Crippen molar-refractivity contribution < 1.29 is 9.53 Å². The zero-order chi connectivity index (χ0) is 15.3. The number of likely N-dealkylation sites (tertiary alicyclic amines) is 1. The number of hydrogen-bond acceptors (Lipinski definition) is 3. The maximum Gasteiger partial charge on any atom is 0.243 e.